The van der Waals surface area contributed by atoms with Gasteiger partial charge in [0.15, 0.2) is 0 Å². The van der Waals surface area contributed by atoms with Gasteiger partial charge < -0.3 is 5.32 Å². The Bertz CT molecular complexity index is 1020. The highest BCUT2D eigenvalue weighted by atomic mass is 19.1. The number of hydrogen-bond donors (Lipinski definition) is 1. The van der Waals surface area contributed by atoms with E-state index in [1.54, 1.807) is 48.5 Å². The van der Waals surface area contributed by atoms with Crippen LogP contribution in [0.3, 0.4) is 0 Å². The van der Waals surface area contributed by atoms with E-state index in [4.69, 9.17) is 0 Å². The molecule has 3 aromatic carbocycles. The summed E-state index contributed by atoms with van der Waals surface area (Å²) in [6.07, 6.45) is 1.54. The normalized spacial score (nSPS) is 11.1. The molecule has 0 spiro atoms. The number of hydrogen-bond acceptors (Lipinski definition) is 3. The van der Waals surface area contributed by atoms with Gasteiger partial charge in [-0.3, -0.25) is 14.9 Å². The number of amides is 1. The van der Waals surface area contributed by atoms with Crippen LogP contribution in [-0.2, 0) is 4.79 Å². The third kappa shape index (κ3) is 4.43. The van der Waals surface area contributed by atoms with Crippen LogP contribution in [0.2, 0.25) is 0 Å². The quantitative estimate of drug-likeness (QED) is 0.303. The summed E-state index contributed by atoms with van der Waals surface area (Å²) in [4.78, 5) is 23.3. The van der Waals surface area contributed by atoms with Crippen molar-refractivity contribution in [1.82, 2.24) is 0 Å². The Balaban J connectivity index is 2.01. The zero-order valence-electron chi connectivity index (χ0n) is 14.1. The van der Waals surface area contributed by atoms with Gasteiger partial charge in [-0.15, -0.1) is 0 Å². The molecule has 1 N–H and O–H groups in total. The van der Waals surface area contributed by atoms with Gasteiger partial charge in [0, 0.05) is 17.7 Å². The molecule has 3 aromatic rings. The van der Waals surface area contributed by atoms with Crippen LogP contribution >= 0.6 is 0 Å². The fourth-order valence-corrected chi connectivity index (χ4v) is 2.54. The van der Waals surface area contributed by atoms with Gasteiger partial charge in [-0.2, -0.15) is 0 Å². The highest BCUT2D eigenvalue weighted by Gasteiger charge is 2.15. The van der Waals surface area contributed by atoms with Gasteiger partial charge >= 0.3 is 0 Å². The minimum absolute atomic E-state index is 0.0587. The molecule has 1 amide bonds. The summed E-state index contributed by atoms with van der Waals surface area (Å²) in [5.74, 6) is -1.06. The van der Waals surface area contributed by atoms with Crippen LogP contribution in [0.4, 0.5) is 15.8 Å². The maximum absolute atomic E-state index is 13.9. The minimum Gasteiger partial charge on any atom is -0.319 e. The van der Waals surface area contributed by atoms with Gasteiger partial charge in [-0.25, -0.2) is 4.39 Å². The van der Waals surface area contributed by atoms with Crippen LogP contribution in [0.25, 0.3) is 11.6 Å². The molecule has 3 rings (SSSR count). The number of nitrogens with one attached hydrogen (secondary N) is 1. The van der Waals surface area contributed by atoms with Gasteiger partial charge in [0.05, 0.1) is 10.6 Å². The van der Waals surface area contributed by atoms with Gasteiger partial charge in [0.25, 0.3) is 11.6 Å². The van der Waals surface area contributed by atoms with Crippen molar-refractivity contribution in [3.63, 3.8) is 0 Å². The van der Waals surface area contributed by atoms with Crippen molar-refractivity contribution in [2.45, 2.75) is 0 Å². The van der Waals surface area contributed by atoms with Crippen molar-refractivity contribution in [2.24, 2.45) is 0 Å². The maximum Gasteiger partial charge on any atom is 0.270 e. The highest BCUT2D eigenvalue weighted by molar-refractivity contribution is 6.29. The van der Waals surface area contributed by atoms with Gasteiger partial charge in [-0.05, 0) is 29.3 Å². The number of rotatable bonds is 5. The van der Waals surface area contributed by atoms with E-state index in [-0.39, 0.29) is 16.9 Å². The van der Waals surface area contributed by atoms with Gasteiger partial charge in [-0.1, -0.05) is 54.6 Å². The molecular weight excluding hydrogens is 347 g/mol. The Kier molecular flexibility index (Phi) is 5.37. The third-order valence-corrected chi connectivity index (χ3v) is 3.84. The number of benzene rings is 3. The Morgan fingerprint density at radius 3 is 2.37 bits per heavy atom. The number of non-ortho nitro benzene ring substituents is 1. The summed E-state index contributed by atoms with van der Waals surface area (Å²) in [7, 11) is 0. The lowest BCUT2D eigenvalue weighted by molar-refractivity contribution is -0.384. The number of carbonyl (C=O) groups is 1. The summed E-state index contributed by atoms with van der Waals surface area (Å²) in [6, 6.07) is 20.6. The van der Waals surface area contributed by atoms with Crippen molar-refractivity contribution in [3.8, 4) is 0 Å². The van der Waals surface area contributed by atoms with Crippen LogP contribution < -0.4 is 5.32 Å². The predicted molar refractivity (Wildman–Crippen MR) is 102 cm³/mol. The van der Waals surface area contributed by atoms with Crippen molar-refractivity contribution in [1.29, 1.82) is 0 Å². The summed E-state index contributed by atoms with van der Waals surface area (Å²) in [5.41, 5.74) is 1.35. The molecule has 5 nitrogen and oxygen atoms in total. The second-order valence-electron chi connectivity index (χ2n) is 5.71. The number of anilines is 1. The smallest absolute Gasteiger partial charge is 0.270 e. The number of nitro benzene ring substituents is 1. The molecule has 0 bridgehead atoms. The van der Waals surface area contributed by atoms with E-state index in [0.717, 1.165) is 0 Å². The predicted octanol–water partition coefficient (Wildman–Crippen LogP) is 4.91. The van der Waals surface area contributed by atoms with Crippen molar-refractivity contribution < 1.29 is 14.1 Å². The molecule has 6 heteroatoms. The fraction of sp³-hybridized carbons (Fsp3) is 0. The first-order chi connectivity index (χ1) is 13.0. The second-order valence-corrected chi connectivity index (χ2v) is 5.71. The number of para-hydroxylation sites is 1. The molecule has 27 heavy (non-hydrogen) atoms. The van der Waals surface area contributed by atoms with Crippen molar-refractivity contribution in [2.75, 3.05) is 5.32 Å². The van der Waals surface area contributed by atoms with Crippen LogP contribution in [0.1, 0.15) is 11.1 Å². The summed E-state index contributed by atoms with van der Waals surface area (Å²) in [5, 5.41) is 13.5. The minimum atomic E-state index is -0.548. The lowest BCUT2D eigenvalue weighted by Gasteiger charge is -2.10. The lowest BCUT2D eigenvalue weighted by atomic mass is 10.0. The van der Waals surface area contributed by atoms with E-state index in [0.29, 0.717) is 11.1 Å². The largest absolute Gasteiger partial charge is 0.319 e. The molecule has 0 unspecified atom stereocenters. The highest BCUT2D eigenvalue weighted by Crippen LogP contribution is 2.23. The van der Waals surface area contributed by atoms with E-state index >= 15 is 0 Å². The fourth-order valence-electron chi connectivity index (χ4n) is 2.54. The van der Waals surface area contributed by atoms with Crippen molar-refractivity contribution >= 4 is 28.9 Å². The molecule has 0 aromatic heterocycles. The summed E-state index contributed by atoms with van der Waals surface area (Å²) in [6.45, 7) is 0. The number of carbonyl (C=O) groups excluding carboxylic acids is 1. The first-order valence-corrected chi connectivity index (χ1v) is 8.12. The zero-order chi connectivity index (χ0) is 19.2. The molecule has 0 radical (unpaired) electrons. The van der Waals surface area contributed by atoms with Crippen LogP contribution in [0, 0.1) is 15.9 Å². The van der Waals surface area contributed by atoms with Gasteiger partial charge in [0.1, 0.15) is 5.82 Å². The SMILES string of the molecule is O=C(Nc1ccccc1F)C(=Cc1cccc([N+](=O)[O-])c1)c1ccccc1. The monoisotopic (exact) mass is 362 g/mol. The summed E-state index contributed by atoms with van der Waals surface area (Å²) < 4.78 is 13.9. The Labute approximate surface area is 154 Å². The lowest BCUT2D eigenvalue weighted by Crippen LogP contribution is -2.14. The first kappa shape index (κ1) is 18.0. The molecule has 0 saturated heterocycles. The molecule has 0 aliphatic heterocycles. The molecular formula is C21H15FN2O3. The topological polar surface area (TPSA) is 72.2 Å². The molecule has 134 valence electrons. The molecule has 0 saturated carbocycles. The van der Waals surface area contributed by atoms with Crippen LogP contribution in [0.5, 0.6) is 0 Å². The van der Waals surface area contributed by atoms with Gasteiger partial charge in [0.2, 0.25) is 0 Å². The zero-order valence-corrected chi connectivity index (χ0v) is 14.1. The third-order valence-electron chi connectivity index (χ3n) is 3.84. The number of nitro groups is 1. The molecule has 0 aliphatic rings. The van der Waals surface area contributed by atoms with E-state index in [2.05, 4.69) is 5.32 Å². The Morgan fingerprint density at radius 2 is 1.67 bits per heavy atom. The van der Waals surface area contributed by atoms with Crippen LogP contribution in [-0.4, -0.2) is 10.8 Å². The van der Waals surface area contributed by atoms with E-state index < -0.39 is 16.6 Å². The average molecular weight is 362 g/mol. The van der Waals surface area contributed by atoms with Crippen molar-refractivity contribution in [3.05, 3.63) is 106 Å². The number of halogens is 1. The van der Waals surface area contributed by atoms with Crippen LogP contribution in [0.15, 0.2) is 78.9 Å². The molecule has 0 fully saturated rings. The molecule has 0 heterocycles. The van der Waals surface area contributed by atoms with E-state index in [9.17, 15) is 19.3 Å². The molecule has 0 atom stereocenters. The average Bonchev–Trinajstić information content (AvgIpc) is 2.68. The maximum atomic E-state index is 13.9. The standard InChI is InChI=1S/C21H15FN2O3/c22-19-11-4-5-12-20(19)23-21(25)18(16-8-2-1-3-9-16)14-15-7-6-10-17(13-15)24(26)27/h1-14H,(H,23,25). The van der Waals surface area contributed by atoms with E-state index in [1.165, 1.54) is 30.3 Å². The Hall–Kier alpha value is -3.80. The summed E-state index contributed by atoms with van der Waals surface area (Å²) >= 11 is 0. The van der Waals surface area contributed by atoms with E-state index in [1.807, 2.05) is 6.07 Å². The number of nitrogens with zero attached hydrogens (tertiary/aromatic N) is 1. The second kappa shape index (κ2) is 8.05. The Morgan fingerprint density at radius 1 is 0.963 bits per heavy atom. The molecule has 0 aliphatic carbocycles. The first-order valence-electron chi connectivity index (χ1n) is 8.12.